The van der Waals surface area contributed by atoms with Crippen LogP contribution in [0.2, 0.25) is 0 Å². The number of nitrogens with one attached hydrogen (secondary N) is 1. The van der Waals surface area contributed by atoms with Crippen molar-refractivity contribution in [1.82, 2.24) is 5.32 Å². The molecule has 30 heavy (non-hydrogen) atoms. The highest BCUT2D eigenvalue weighted by atomic mass is 32.2. The van der Waals surface area contributed by atoms with E-state index in [9.17, 15) is 21.6 Å². The third-order valence-corrected chi connectivity index (χ3v) is 7.04. The highest BCUT2D eigenvalue weighted by molar-refractivity contribution is 7.92. The molecule has 9 heteroatoms. The molecule has 164 valence electrons. The lowest BCUT2D eigenvalue weighted by atomic mass is 10.0. The predicted octanol–water partition coefficient (Wildman–Crippen LogP) is 2.69. The maximum absolute atomic E-state index is 12.7. The zero-order valence-corrected chi connectivity index (χ0v) is 19.3. The van der Waals surface area contributed by atoms with Crippen LogP contribution in [0.4, 0.5) is 5.69 Å². The molecule has 1 amide bonds. The van der Waals surface area contributed by atoms with Crippen molar-refractivity contribution >= 4 is 31.5 Å². The van der Waals surface area contributed by atoms with E-state index < -0.39 is 25.8 Å². The number of hydrogen-bond acceptors (Lipinski definition) is 5. The molecule has 0 fully saturated rings. The maximum atomic E-state index is 12.7. The van der Waals surface area contributed by atoms with Crippen LogP contribution in [0.3, 0.4) is 0 Å². The fourth-order valence-electron chi connectivity index (χ4n) is 3.04. The number of benzene rings is 2. The molecule has 0 aliphatic heterocycles. The second-order valence-corrected chi connectivity index (χ2v) is 11.1. The van der Waals surface area contributed by atoms with Crippen molar-refractivity contribution in [3.05, 3.63) is 59.7 Å². The number of aryl methyl sites for hydroxylation is 1. The van der Waals surface area contributed by atoms with Crippen LogP contribution in [0.1, 0.15) is 37.4 Å². The van der Waals surface area contributed by atoms with Gasteiger partial charge in [0.2, 0.25) is 15.9 Å². The summed E-state index contributed by atoms with van der Waals surface area (Å²) >= 11 is 0. The second kappa shape index (κ2) is 9.61. The average molecular weight is 453 g/mol. The fourth-order valence-corrected chi connectivity index (χ4v) is 4.52. The van der Waals surface area contributed by atoms with E-state index >= 15 is 0 Å². The zero-order valence-electron chi connectivity index (χ0n) is 17.6. The molecule has 0 aliphatic rings. The van der Waals surface area contributed by atoms with Crippen LogP contribution in [-0.2, 0) is 31.1 Å². The molecule has 0 heterocycles. The van der Waals surface area contributed by atoms with Crippen molar-refractivity contribution in [2.24, 2.45) is 0 Å². The summed E-state index contributed by atoms with van der Waals surface area (Å²) in [4.78, 5) is 12.9. The van der Waals surface area contributed by atoms with Gasteiger partial charge in [-0.25, -0.2) is 16.8 Å². The maximum Gasteiger partial charge on any atom is 0.241 e. The Hall–Kier alpha value is -2.39. The number of carbonyl (C=O) groups is 1. The molecule has 0 aliphatic carbocycles. The Labute approximate surface area is 179 Å². The lowest BCUT2D eigenvalue weighted by Crippen LogP contribution is -2.41. The topological polar surface area (TPSA) is 101 Å². The van der Waals surface area contributed by atoms with E-state index in [-0.39, 0.29) is 17.5 Å². The van der Waals surface area contributed by atoms with Crippen molar-refractivity contribution < 1.29 is 21.6 Å². The lowest BCUT2D eigenvalue weighted by molar-refractivity contribution is -0.120. The average Bonchev–Trinajstić information content (AvgIpc) is 2.69. The molecule has 0 aromatic heterocycles. The van der Waals surface area contributed by atoms with Gasteiger partial charge in [-0.2, -0.15) is 0 Å². The number of amides is 1. The Bertz CT molecular complexity index is 1080. The van der Waals surface area contributed by atoms with Gasteiger partial charge in [-0.1, -0.05) is 38.1 Å². The molecule has 0 bridgehead atoms. The highest BCUT2D eigenvalue weighted by Crippen LogP contribution is 2.21. The van der Waals surface area contributed by atoms with Gasteiger partial charge in [-0.05, 0) is 48.2 Å². The van der Waals surface area contributed by atoms with Gasteiger partial charge < -0.3 is 5.32 Å². The quantitative estimate of drug-likeness (QED) is 0.630. The smallest absolute Gasteiger partial charge is 0.241 e. The van der Waals surface area contributed by atoms with Gasteiger partial charge in [0.05, 0.1) is 22.9 Å². The van der Waals surface area contributed by atoms with Gasteiger partial charge in [-0.3, -0.25) is 9.10 Å². The first kappa shape index (κ1) is 23.9. The number of carbonyl (C=O) groups excluding carboxylic acids is 1. The van der Waals surface area contributed by atoms with E-state index in [1.54, 1.807) is 24.3 Å². The SMILES string of the molecule is CCc1ccc(N(CC(=O)NC(CC)c2ccc(S(C)(=O)=O)cc2)S(C)(=O)=O)cc1. The van der Waals surface area contributed by atoms with Crippen LogP contribution in [0, 0.1) is 0 Å². The van der Waals surface area contributed by atoms with Gasteiger partial charge in [0.1, 0.15) is 6.54 Å². The fraction of sp³-hybridized carbons (Fsp3) is 0.381. The summed E-state index contributed by atoms with van der Waals surface area (Å²) in [5.41, 5.74) is 2.24. The number of anilines is 1. The van der Waals surface area contributed by atoms with Gasteiger partial charge in [0, 0.05) is 6.26 Å². The Morgan fingerprint density at radius 2 is 1.50 bits per heavy atom. The predicted molar refractivity (Wildman–Crippen MR) is 119 cm³/mol. The van der Waals surface area contributed by atoms with E-state index in [0.717, 1.165) is 34.4 Å². The molecule has 1 N–H and O–H groups in total. The largest absolute Gasteiger partial charge is 0.348 e. The van der Waals surface area contributed by atoms with Crippen molar-refractivity contribution in [3.8, 4) is 0 Å². The minimum Gasteiger partial charge on any atom is -0.348 e. The molecule has 7 nitrogen and oxygen atoms in total. The molecular formula is C21H28N2O5S2. The summed E-state index contributed by atoms with van der Waals surface area (Å²) in [5.74, 6) is -0.445. The van der Waals surface area contributed by atoms with Gasteiger partial charge in [0.25, 0.3) is 0 Å². The van der Waals surface area contributed by atoms with Crippen molar-refractivity contribution in [2.75, 3.05) is 23.4 Å². The van der Waals surface area contributed by atoms with Gasteiger partial charge >= 0.3 is 0 Å². The molecule has 0 saturated carbocycles. The molecular weight excluding hydrogens is 424 g/mol. The molecule has 2 aromatic carbocycles. The van der Waals surface area contributed by atoms with E-state index in [1.165, 1.54) is 12.1 Å². The third-order valence-electron chi connectivity index (χ3n) is 4.77. The number of hydrogen-bond donors (Lipinski definition) is 1. The van der Waals surface area contributed by atoms with Crippen molar-refractivity contribution in [3.63, 3.8) is 0 Å². The van der Waals surface area contributed by atoms with Gasteiger partial charge in [0.15, 0.2) is 9.84 Å². The van der Waals surface area contributed by atoms with E-state index in [2.05, 4.69) is 5.32 Å². The lowest BCUT2D eigenvalue weighted by Gasteiger charge is -2.24. The summed E-state index contributed by atoms with van der Waals surface area (Å²) in [6.07, 6.45) is 3.59. The molecule has 2 aromatic rings. The Morgan fingerprint density at radius 3 is 1.93 bits per heavy atom. The normalized spacial score (nSPS) is 12.9. The Balaban J connectivity index is 2.18. The summed E-state index contributed by atoms with van der Waals surface area (Å²) in [5, 5.41) is 2.84. The third kappa shape index (κ3) is 6.30. The molecule has 0 saturated heterocycles. The first-order chi connectivity index (χ1) is 14.0. The van der Waals surface area contributed by atoms with Gasteiger partial charge in [-0.15, -0.1) is 0 Å². The summed E-state index contributed by atoms with van der Waals surface area (Å²) < 4.78 is 48.8. The van der Waals surface area contributed by atoms with E-state index in [4.69, 9.17) is 0 Å². The van der Waals surface area contributed by atoms with Crippen molar-refractivity contribution in [1.29, 1.82) is 0 Å². The second-order valence-electron chi connectivity index (χ2n) is 7.16. The van der Waals surface area contributed by atoms with Crippen molar-refractivity contribution in [2.45, 2.75) is 37.6 Å². The minimum absolute atomic E-state index is 0.200. The molecule has 0 spiro atoms. The van der Waals surface area contributed by atoms with Crippen LogP contribution >= 0.6 is 0 Å². The van der Waals surface area contributed by atoms with Crippen LogP contribution in [0.5, 0.6) is 0 Å². The molecule has 2 rings (SSSR count). The summed E-state index contributed by atoms with van der Waals surface area (Å²) in [6, 6.07) is 13.0. The minimum atomic E-state index is -3.66. The number of sulfone groups is 1. The summed E-state index contributed by atoms with van der Waals surface area (Å²) in [6.45, 7) is 3.54. The Kier molecular flexibility index (Phi) is 7.65. The monoisotopic (exact) mass is 452 g/mol. The highest BCUT2D eigenvalue weighted by Gasteiger charge is 2.22. The van der Waals surface area contributed by atoms with Crippen LogP contribution in [0.25, 0.3) is 0 Å². The molecule has 1 unspecified atom stereocenters. The van der Waals surface area contributed by atoms with Crippen LogP contribution < -0.4 is 9.62 Å². The van der Waals surface area contributed by atoms with Crippen LogP contribution in [-0.4, -0.2) is 41.8 Å². The molecule has 0 radical (unpaired) electrons. The number of sulfonamides is 1. The van der Waals surface area contributed by atoms with E-state index in [0.29, 0.717) is 12.1 Å². The standard InChI is InChI=1S/C21H28N2O5S2/c1-5-16-7-11-18(12-8-16)23(30(4,27)28)15-21(24)22-20(6-2)17-9-13-19(14-10-17)29(3,25)26/h7-14,20H,5-6,15H2,1-4H3,(H,22,24). The number of rotatable bonds is 9. The Morgan fingerprint density at radius 1 is 0.933 bits per heavy atom. The first-order valence-corrected chi connectivity index (χ1v) is 13.4. The van der Waals surface area contributed by atoms with Crippen LogP contribution in [0.15, 0.2) is 53.4 Å². The summed E-state index contributed by atoms with van der Waals surface area (Å²) in [7, 11) is -6.96. The molecule has 1 atom stereocenters. The van der Waals surface area contributed by atoms with E-state index in [1.807, 2.05) is 26.0 Å². The zero-order chi connectivity index (χ0) is 22.5. The first-order valence-electron chi connectivity index (χ1n) is 9.61. The number of nitrogens with zero attached hydrogens (tertiary/aromatic N) is 1.